The number of hydrogen-bond acceptors (Lipinski definition) is 4. The number of hydrogen-bond donors (Lipinski definition) is 2. The molecule has 5 heteroatoms. The quantitative estimate of drug-likeness (QED) is 0.675. The summed E-state index contributed by atoms with van der Waals surface area (Å²) < 4.78 is 0. The van der Waals surface area contributed by atoms with Gasteiger partial charge in [-0.05, 0) is 5.92 Å². The Morgan fingerprint density at radius 1 is 1.19 bits per heavy atom. The first-order valence-corrected chi connectivity index (χ1v) is 5.92. The first-order chi connectivity index (χ1) is 7.49. The molecule has 5 nitrogen and oxygen atoms in total. The Balaban J connectivity index is 2.24. The van der Waals surface area contributed by atoms with Gasteiger partial charge in [0.25, 0.3) is 0 Å². The molecule has 1 unspecified atom stereocenters. The molecule has 0 radical (unpaired) electrons. The maximum absolute atomic E-state index is 10.6. The minimum atomic E-state index is -0.912. The zero-order chi connectivity index (χ0) is 12.1. The van der Waals surface area contributed by atoms with E-state index in [0.29, 0.717) is 12.5 Å². The van der Waals surface area contributed by atoms with Crippen molar-refractivity contribution in [3.63, 3.8) is 0 Å². The van der Waals surface area contributed by atoms with Crippen LogP contribution in [0.5, 0.6) is 0 Å². The van der Waals surface area contributed by atoms with Gasteiger partial charge in [-0.1, -0.05) is 13.8 Å². The molecule has 1 aliphatic heterocycles. The van der Waals surface area contributed by atoms with E-state index < -0.39 is 12.0 Å². The van der Waals surface area contributed by atoms with Crippen molar-refractivity contribution in [3.05, 3.63) is 0 Å². The molecule has 1 atom stereocenters. The fourth-order valence-corrected chi connectivity index (χ4v) is 2.03. The molecule has 3 N–H and O–H groups in total. The molecule has 0 aromatic rings. The van der Waals surface area contributed by atoms with Crippen LogP contribution in [0.1, 0.15) is 13.8 Å². The van der Waals surface area contributed by atoms with Crippen molar-refractivity contribution >= 4 is 5.97 Å². The minimum absolute atomic E-state index is 0.463. The average molecular weight is 229 g/mol. The lowest BCUT2D eigenvalue weighted by Gasteiger charge is -2.36. The smallest absolute Gasteiger partial charge is 0.321 e. The van der Waals surface area contributed by atoms with Gasteiger partial charge in [-0.3, -0.25) is 9.69 Å². The zero-order valence-corrected chi connectivity index (χ0v) is 10.2. The molecule has 0 saturated carbocycles. The fraction of sp³-hybridized carbons (Fsp3) is 0.909. The topological polar surface area (TPSA) is 69.8 Å². The Bertz CT molecular complexity index is 225. The summed E-state index contributed by atoms with van der Waals surface area (Å²) in [7, 11) is 0. The lowest BCUT2D eigenvalue weighted by molar-refractivity contribution is -0.139. The summed E-state index contributed by atoms with van der Waals surface area (Å²) >= 11 is 0. The first kappa shape index (κ1) is 13.4. The van der Waals surface area contributed by atoms with E-state index in [1.165, 1.54) is 0 Å². The Labute approximate surface area is 97.2 Å². The van der Waals surface area contributed by atoms with E-state index in [-0.39, 0.29) is 0 Å². The molecule has 1 rings (SSSR count). The van der Waals surface area contributed by atoms with Gasteiger partial charge in [0.05, 0.1) is 0 Å². The Morgan fingerprint density at radius 2 is 1.62 bits per heavy atom. The SMILES string of the molecule is CC(C)CN1CCN(CC(N)C(=O)O)CC1. The molecule has 1 aliphatic rings. The molecular weight excluding hydrogens is 206 g/mol. The van der Waals surface area contributed by atoms with Gasteiger partial charge < -0.3 is 15.7 Å². The van der Waals surface area contributed by atoms with Crippen molar-refractivity contribution in [3.8, 4) is 0 Å². The van der Waals surface area contributed by atoms with E-state index in [0.717, 1.165) is 32.7 Å². The van der Waals surface area contributed by atoms with Crippen LogP contribution in [-0.2, 0) is 4.79 Å². The monoisotopic (exact) mass is 229 g/mol. The van der Waals surface area contributed by atoms with Crippen LogP contribution < -0.4 is 5.73 Å². The highest BCUT2D eigenvalue weighted by Gasteiger charge is 2.21. The standard InChI is InChI=1S/C11H23N3O2/c1-9(2)7-13-3-5-14(6-4-13)8-10(12)11(15)16/h9-10H,3-8,12H2,1-2H3,(H,15,16). The first-order valence-electron chi connectivity index (χ1n) is 5.92. The van der Waals surface area contributed by atoms with Crippen LogP contribution in [0, 0.1) is 5.92 Å². The second-order valence-corrected chi connectivity index (χ2v) is 4.94. The largest absolute Gasteiger partial charge is 0.480 e. The summed E-state index contributed by atoms with van der Waals surface area (Å²) in [5, 5.41) is 8.72. The van der Waals surface area contributed by atoms with E-state index in [4.69, 9.17) is 10.8 Å². The average Bonchev–Trinajstić information content (AvgIpc) is 2.20. The minimum Gasteiger partial charge on any atom is -0.480 e. The predicted molar refractivity (Wildman–Crippen MR) is 63.3 cm³/mol. The van der Waals surface area contributed by atoms with E-state index in [2.05, 4.69) is 23.6 Å². The fourth-order valence-electron chi connectivity index (χ4n) is 2.03. The van der Waals surface area contributed by atoms with Gasteiger partial charge in [0.15, 0.2) is 0 Å². The van der Waals surface area contributed by atoms with Gasteiger partial charge in [0, 0.05) is 39.3 Å². The Kier molecular flexibility index (Phi) is 5.18. The summed E-state index contributed by atoms with van der Waals surface area (Å²) in [4.78, 5) is 15.2. The molecule has 1 saturated heterocycles. The number of carboxylic acid groups (broad SMARTS) is 1. The number of nitrogens with two attached hydrogens (primary N) is 1. The zero-order valence-electron chi connectivity index (χ0n) is 10.2. The van der Waals surface area contributed by atoms with Crippen LogP contribution in [-0.4, -0.2) is 66.2 Å². The van der Waals surface area contributed by atoms with Crippen LogP contribution in [0.2, 0.25) is 0 Å². The van der Waals surface area contributed by atoms with Gasteiger partial charge in [-0.25, -0.2) is 0 Å². The van der Waals surface area contributed by atoms with Crippen LogP contribution in [0.25, 0.3) is 0 Å². The van der Waals surface area contributed by atoms with Gasteiger partial charge >= 0.3 is 5.97 Å². The summed E-state index contributed by atoms with van der Waals surface area (Å²) in [6, 6.07) is -0.753. The van der Waals surface area contributed by atoms with Crippen LogP contribution in [0.3, 0.4) is 0 Å². The third kappa shape index (κ3) is 4.47. The van der Waals surface area contributed by atoms with E-state index in [1.807, 2.05) is 0 Å². The maximum Gasteiger partial charge on any atom is 0.321 e. The molecule has 0 aromatic heterocycles. The van der Waals surface area contributed by atoms with Gasteiger partial charge in [0.2, 0.25) is 0 Å². The highest BCUT2D eigenvalue weighted by Crippen LogP contribution is 2.05. The van der Waals surface area contributed by atoms with E-state index in [1.54, 1.807) is 0 Å². The second kappa shape index (κ2) is 6.18. The van der Waals surface area contributed by atoms with Crippen LogP contribution >= 0.6 is 0 Å². The number of nitrogens with zero attached hydrogens (tertiary/aromatic N) is 2. The predicted octanol–water partition coefficient (Wildman–Crippen LogP) is -0.328. The molecule has 1 fully saturated rings. The lowest BCUT2D eigenvalue weighted by Crippen LogP contribution is -2.51. The Morgan fingerprint density at radius 3 is 2.00 bits per heavy atom. The molecule has 94 valence electrons. The third-order valence-electron chi connectivity index (χ3n) is 2.86. The number of piperazine rings is 1. The summed E-state index contributed by atoms with van der Waals surface area (Å²) in [6.07, 6.45) is 0. The van der Waals surface area contributed by atoms with Gasteiger partial charge in [-0.15, -0.1) is 0 Å². The molecule has 0 aliphatic carbocycles. The number of rotatable bonds is 5. The van der Waals surface area contributed by atoms with Crippen molar-refractivity contribution < 1.29 is 9.90 Å². The summed E-state index contributed by atoms with van der Waals surface area (Å²) in [6.45, 7) is 9.90. The van der Waals surface area contributed by atoms with Crippen molar-refractivity contribution in [1.82, 2.24) is 9.80 Å². The van der Waals surface area contributed by atoms with Crippen LogP contribution in [0.15, 0.2) is 0 Å². The highest BCUT2D eigenvalue weighted by molar-refractivity contribution is 5.73. The summed E-state index contributed by atoms with van der Waals surface area (Å²) in [5.74, 6) is -0.225. The highest BCUT2D eigenvalue weighted by atomic mass is 16.4. The maximum atomic E-state index is 10.6. The lowest BCUT2D eigenvalue weighted by atomic mass is 10.2. The second-order valence-electron chi connectivity index (χ2n) is 4.94. The summed E-state index contributed by atoms with van der Waals surface area (Å²) in [5.41, 5.74) is 5.51. The van der Waals surface area contributed by atoms with Crippen LogP contribution in [0.4, 0.5) is 0 Å². The van der Waals surface area contributed by atoms with E-state index in [9.17, 15) is 4.79 Å². The number of carboxylic acids is 1. The van der Waals surface area contributed by atoms with Gasteiger partial charge in [-0.2, -0.15) is 0 Å². The van der Waals surface area contributed by atoms with Crippen molar-refractivity contribution in [1.29, 1.82) is 0 Å². The molecule has 0 bridgehead atoms. The molecule has 0 spiro atoms. The van der Waals surface area contributed by atoms with E-state index >= 15 is 0 Å². The molecular formula is C11H23N3O2. The normalized spacial score (nSPS) is 21.2. The van der Waals surface area contributed by atoms with Crippen molar-refractivity contribution in [2.45, 2.75) is 19.9 Å². The molecule has 1 heterocycles. The van der Waals surface area contributed by atoms with Gasteiger partial charge in [0.1, 0.15) is 6.04 Å². The van der Waals surface area contributed by atoms with Crippen molar-refractivity contribution in [2.24, 2.45) is 11.7 Å². The Hall–Kier alpha value is -0.650. The molecule has 0 aromatic carbocycles. The number of aliphatic carboxylic acids is 1. The third-order valence-corrected chi connectivity index (χ3v) is 2.86. The molecule has 16 heavy (non-hydrogen) atoms. The van der Waals surface area contributed by atoms with Crippen molar-refractivity contribution in [2.75, 3.05) is 39.3 Å². The molecule has 0 amide bonds. The number of carbonyl (C=O) groups is 1.